The van der Waals surface area contributed by atoms with Gasteiger partial charge in [-0.05, 0) is 32.0 Å². The first kappa shape index (κ1) is 17.6. The number of hydrogen-bond donors (Lipinski definition) is 1. The molecule has 1 unspecified atom stereocenters. The van der Waals surface area contributed by atoms with Crippen LogP contribution < -0.4 is 0 Å². The van der Waals surface area contributed by atoms with Crippen LogP contribution >= 0.6 is 0 Å². The molecule has 1 N–H and O–H groups in total. The molecule has 0 radical (unpaired) electrons. The molecule has 118 valence electrons. The van der Waals surface area contributed by atoms with E-state index in [0.717, 1.165) is 12.1 Å². The Bertz CT molecular complexity index is 462. The van der Waals surface area contributed by atoms with Crippen LogP contribution in [0.2, 0.25) is 0 Å². The monoisotopic (exact) mass is 295 g/mol. The topological polar surface area (TPSA) is 59.0 Å². The average molecular weight is 295 g/mol. The van der Waals surface area contributed by atoms with Gasteiger partial charge < -0.3 is 14.6 Å². The lowest BCUT2D eigenvalue weighted by atomic mass is 10.1. The molecule has 0 heterocycles. The highest BCUT2D eigenvalue weighted by Gasteiger charge is 2.16. The van der Waals surface area contributed by atoms with Crippen LogP contribution in [0.5, 0.6) is 5.75 Å². The highest BCUT2D eigenvalue weighted by atomic mass is 16.5. The summed E-state index contributed by atoms with van der Waals surface area (Å²) >= 11 is 0. The fraction of sp³-hybridized carbons (Fsp3) is 0.562. The molecule has 0 aliphatic heterocycles. The minimum absolute atomic E-state index is 0.00960. The van der Waals surface area contributed by atoms with Crippen LogP contribution in [0.1, 0.15) is 29.8 Å². The van der Waals surface area contributed by atoms with Crippen molar-refractivity contribution < 1.29 is 19.4 Å². The maximum absolute atomic E-state index is 11.5. The summed E-state index contributed by atoms with van der Waals surface area (Å²) in [6.07, 6.45) is 0. The standard InChI is InChI=1S/C16H25NO4/c1-12(11-21-4)17(7-8-20-3)10-15-9-14(13(2)18)5-6-16(15)19/h5-6,9,12,19H,7-8,10-11H2,1-4H3. The number of Topliss-reactive ketones (excluding diaryl/α,β-unsaturated/α-hetero) is 1. The quantitative estimate of drug-likeness (QED) is 0.707. The third-order valence-electron chi connectivity index (χ3n) is 3.47. The summed E-state index contributed by atoms with van der Waals surface area (Å²) in [7, 11) is 3.33. The van der Waals surface area contributed by atoms with Gasteiger partial charge in [0.1, 0.15) is 5.75 Å². The lowest BCUT2D eigenvalue weighted by Gasteiger charge is -2.28. The van der Waals surface area contributed by atoms with Crippen molar-refractivity contribution in [2.45, 2.75) is 26.4 Å². The zero-order valence-corrected chi connectivity index (χ0v) is 13.3. The molecule has 1 atom stereocenters. The number of methoxy groups -OCH3 is 2. The molecule has 0 bridgehead atoms. The summed E-state index contributed by atoms with van der Waals surface area (Å²) in [5, 5.41) is 10.0. The zero-order valence-electron chi connectivity index (χ0n) is 13.3. The maximum Gasteiger partial charge on any atom is 0.159 e. The number of aromatic hydroxyl groups is 1. The van der Waals surface area contributed by atoms with Crippen LogP contribution in [0.15, 0.2) is 18.2 Å². The first-order chi connectivity index (χ1) is 9.99. The van der Waals surface area contributed by atoms with Gasteiger partial charge in [0.25, 0.3) is 0 Å². The van der Waals surface area contributed by atoms with Crippen LogP contribution in [0.25, 0.3) is 0 Å². The molecule has 5 nitrogen and oxygen atoms in total. The highest BCUT2D eigenvalue weighted by Crippen LogP contribution is 2.21. The molecule has 0 saturated heterocycles. The molecule has 1 rings (SSSR count). The molecule has 0 saturated carbocycles. The van der Waals surface area contributed by atoms with Gasteiger partial charge in [-0.1, -0.05) is 0 Å². The van der Waals surface area contributed by atoms with Gasteiger partial charge >= 0.3 is 0 Å². The third kappa shape index (κ3) is 5.46. The minimum atomic E-state index is -0.00960. The molecular formula is C16H25NO4. The van der Waals surface area contributed by atoms with Crippen molar-refractivity contribution in [2.24, 2.45) is 0 Å². The SMILES string of the molecule is COCCN(Cc1cc(C(C)=O)ccc1O)C(C)COC. The molecular weight excluding hydrogens is 270 g/mol. The summed E-state index contributed by atoms with van der Waals surface area (Å²) in [5.74, 6) is 0.191. The lowest BCUT2D eigenvalue weighted by Crippen LogP contribution is -2.38. The van der Waals surface area contributed by atoms with E-state index in [1.165, 1.54) is 6.92 Å². The van der Waals surface area contributed by atoms with Crippen molar-refractivity contribution in [1.82, 2.24) is 4.90 Å². The van der Waals surface area contributed by atoms with Gasteiger partial charge in [-0.3, -0.25) is 9.69 Å². The van der Waals surface area contributed by atoms with Crippen LogP contribution in [0.4, 0.5) is 0 Å². The van der Waals surface area contributed by atoms with Crippen LogP contribution in [0.3, 0.4) is 0 Å². The number of benzene rings is 1. The number of phenolic OH excluding ortho intramolecular Hbond substituents is 1. The fourth-order valence-corrected chi connectivity index (χ4v) is 2.16. The average Bonchev–Trinajstić information content (AvgIpc) is 2.45. The van der Waals surface area contributed by atoms with E-state index < -0.39 is 0 Å². The molecule has 21 heavy (non-hydrogen) atoms. The second-order valence-electron chi connectivity index (χ2n) is 5.17. The molecule has 0 spiro atoms. The summed E-state index contributed by atoms with van der Waals surface area (Å²) in [6.45, 7) is 6.04. The predicted octanol–water partition coefficient (Wildman–Crippen LogP) is 2.08. The van der Waals surface area contributed by atoms with Gasteiger partial charge in [-0.2, -0.15) is 0 Å². The number of ketones is 1. The van der Waals surface area contributed by atoms with Gasteiger partial charge in [-0.15, -0.1) is 0 Å². The van der Waals surface area contributed by atoms with Crippen molar-refractivity contribution in [2.75, 3.05) is 34.0 Å². The number of ether oxygens (including phenoxy) is 2. The van der Waals surface area contributed by atoms with Crippen molar-refractivity contribution in [3.05, 3.63) is 29.3 Å². The largest absolute Gasteiger partial charge is 0.508 e. The van der Waals surface area contributed by atoms with Crippen LogP contribution in [-0.4, -0.2) is 55.8 Å². The number of carbonyl (C=O) groups excluding carboxylic acids is 1. The Balaban J connectivity index is 2.90. The Kier molecular flexibility index (Phi) is 7.36. The van der Waals surface area contributed by atoms with E-state index in [9.17, 15) is 9.90 Å². The van der Waals surface area contributed by atoms with Gasteiger partial charge in [0.2, 0.25) is 0 Å². The van der Waals surface area contributed by atoms with Crippen molar-refractivity contribution >= 4 is 5.78 Å². The van der Waals surface area contributed by atoms with Crippen LogP contribution in [0, 0.1) is 0 Å². The van der Waals surface area contributed by atoms with Gasteiger partial charge in [0.05, 0.1) is 13.2 Å². The van der Waals surface area contributed by atoms with Gasteiger partial charge in [0, 0.05) is 44.5 Å². The Morgan fingerprint density at radius 3 is 2.62 bits per heavy atom. The minimum Gasteiger partial charge on any atom is -0.508 e. The lowest BCUT2D eigenvalue weighted by molar-refractivity contribution is 0.0700. The van der Waals surface area contributed by atoms with E-state index in [1.807, 2.05) is 0 Å². The molecule has 1 aromatic carbocycles. The first-order valence-corrected chi connectivity index (χ1v) is 7.04. The molecule has 0 aromatic heterocycles. The van der Waals surface area contributed by atoms with E-state index in [1.54, 1.807) is 32.4 Å². The van der Waals surface area contributed by atoms with Gasteiger partial charge in [0.15, 0.2) is 5.78 Å². The first-order valence-electron chi connectivity index (χ1n) is 7.04. The van der Waals surface area contributed by atoms with Gasteiger partial charge in [-0.25, -0.2) is 0 Å². The summed E-state index contributed by atoms with van der Waals surface area (Å²) in [6, 6.07) is 5.14. The predicted molar refractivity (Wildman–Crippen MR) is 81.7 cm³/mol. The molecule has 5 heteroatoms. The number of hydrogen-bond acceptors (Lipinski definition) is 5. The molecule has 1 aromatic rings. The Morgan fingerprint density at radius 1 is 1.33 bits per heavy atom. The molecule has 0 amide bonds. The summed E-state index contributed by atoms with van der Waals surface area (Å²) < 4.78 is 10.3. The normalized spacial score (nSPS) is 12.6. The van der Waals surface area contributed by atoms with Crippen LogP contribution in [-0.2, 0) is 16.0 Å². The number of carbonyl (C=O) groups is 1. The zero-order chi connectivity index (χ0) is 15.8. The summed E-state index contributed by atoms with van der Waals surface area (Å²) in [5.41, 5.74) is 1.34. The second kappa shape index (κ2) is 8.77. The highest BCUT2D eigenvalue weighted by molar-refractivity contribution is 5.94. The number of phenols is 1. The number of nitrogens with zero attached hydrogens (tertiary/aromatic N) is 1. The van der Waals surface area contributed by atoms with E-state index in [4.69, 9.17) is 9.47 Å². The third-order valence-corrected chi connectivity index (χ3v) is 3.47. The Morgan fingerprint density at radius 2 is 2.05 bits per heavy atom. The summed E-state index contributed by atoms with van der Waals surface area (Å²) in [4.78, 5) is 13.6. The smallest absolute Gasteiger partial charge is 0.159 e. The van der Waals surface area contributed by atoms with E-state index >= 15 is 0 Å². The van der Waals surface area contributed by atoms with Crippen molar-refractivity contribution in [1.29, 1.82) is 0 Å². The Hall–Kier alpha value is -1.43. The maximum atomic E-state index is 11.5. The number of rotatable bonds is 9. The second-order valence-corrected chi connectivity index (χ2v) is 5.17. The Labute approximate surface area is 126 Å². The molecule has 0 aliphatic rings. The van der Waals surface area contributed by atoms with E-state index in [-0.39, 0.29) is 17.6 Å². The molecule has 0 fully saturated rings. The molecule has 0 aliphatic carbocycles. The van der Waals surface area contributed by atoms with E-state index in [2.05, 4.69) is 11.8 Å². The van der Waals surface area contributed by atoms with Crippen molar-refractivity contribution in [3.63, 3.8) is 0 Å². The van der Waals surface area contributed by atoms with E-state index in [0.29, 0.717) is 25.3 Å². The van der Waals surface area contributed by atoms with Crippen molar-refractivity contribution in [3.8, 4) is 5.75 Å². The fourth-order valence-electron chi connectivity index (χ4n) is 2.16.